The zero-order chi connectivity index (χ0) is 25.5. The van der Waals surface area contributed by atoms with Crippen LogP contribution in [0.15, 0.2) is 0 Å². The molecule has 0 fully saturated rings. The first-order valence-corrected chi connectivity index (χ1v) is 10.4. The van der Waals surface area contributed by atoms with Crippen LogP contribution in [-0.4, -0.2) is 93.5 Å². The lowest BCUT2D eigenvalue weighted by Crippen LogP contribution is -2.44. The van der Waals surface area contributed by atoms with Gasteiger partial charge < -0.3 is 35.4 Å². The van der Waals surface area contributed by atoms with Crippen LogP contribution in [-0.2, 0) is 14.3 Å². The largest absolute Gasteiger partial charge is 0.456 e. The molecule has 2 amide bonds. The first-order chi connectivity index (χ1) is 15.3. The predicted molar refractivity (Wildman–Crippen MR) is 118 cm³/mol. The average Bonchev–Trinajstić information content (AvgIpc) is 2.73. The summed E-state index contributed by atoms with van der Waals surface area (Å²) in [7, 11) is 0. The quantitative estimate of drug-likeness (QED) is 0.206. The Morgan fingerprint density at radius 3 is 1.85 bits per heavy atom. The maximum Gasteiger partial charge on any atom is 0.303 e. The van der Waals surface area contributed by atoms with Gasteiger partial charge in [0.25, 0.3) is 17.1 Å². The van der Waals surface area contributed by atoms with Crippen molar-refractivity contribution in [3.63, 3.8) is 0 Å². The van der Waals surface area contributed by atoms with E-state index < -0.39 is 55.1 Å². The number of aliphatic hydroxyl groups is 4. The Morgan fingerprint density at radius 2 is 1.42 bits per heavy atom. The minimum atomic E-state index is -1.33. The zero-order valence-electron chi connectivity index (χ0n) is 18.8. The van der Waals surface area contributed by atoms with Gasteiger partial charge in [-0.25, -0.2) is 0 Å². The molecular formula is C21H29ClN2O9. The first-order valence-electron chi connectivity index (χ1n) is 9.99. The molecule has 0 radical (unpaired) electrons. The number of hydrogen-bond acceptors (Lipinski definition) is 9. The number of rotatable bonds is 11. The second kappa shape index (κ2) is 12.6. The van der Waals surface area contributed by atoms with Gasteiger partial charge in [-0.2, -0.15) is 0 Å². The number of nitrogens with one attached hydrogen (secondary N) is 1. The van der Waals surface area contributed by atoms with Crippen LogP contribution in [0.4, 0.5) is 5.69 Å². The van der Waals surface area contributed by atoms with Crippen molar-refractivity contribution in [2.24, 2.45) is 0 Å². The number of hydrogen-bond donors (Lipinski definition) is 5. The van der Waals surface area contributed by atoms with E-state index in [0.29, 0.717) is 0 Å². The van der Waals surface area contributed by atoms with Crippen LogP contribution in [0.25, 0.3) is 0 Å². The number of amides is 2. The van der Waals surface area contributed by atoms with Crippen LogP contribution in [0.3, 0.4) is 0 Å². The van der Waals surface area contributed by atoms with Gasteiger partial charge in [0, 0.05) is 36.8 Å². The van der Waals surface area contributed by atoms with Crippen molar-refractivity contribution < 1.29 is 44.3 Å². The number of nitrogens with zero attached hydrogens (tertiary/aromatic N) is 1. The zero-order valence-corrected chi connectivity index (χ0v) is 19.6. The highest BCUT2D eigenvalue weighted by atomic mass is 35.5. The normalized spacial score (nSPS) is 12.6. The molecule has 2 atom stereocenters. The summed E-state index contributed by atoms with van der Waals surface area (Å²) >= 11 is 5.76. The SMILES string of the molecule is CC(=O)OCC(=O)Nc1c(C)c(C(=O)Cl)c(C)c(C(=O)N(CC(O)CO)CC(O)CO)c1C. The fourth-order valence-corrected chi connectivity index (χ4v) is 3.67. The van der Waals surface area contributed by atoms with Gasteiger partial charge in [0.2, 0.25) is 0 Å². The van der Waals surface area contributed by atoms with E-state index in [4.69, 9.17) is 11.6 Å². The summed E-state index contributed by atoms with van der Waals surface area (Å²) in [6, 6.07) is 0. The minimum absolute atomic E-state index is 0.0253. The summed E-state index contributed by atoms with van der Waals surface area (Å²) in [5, 5.41) is 39.7. The Morgan fingerprint density at radius 1 is 0.939 bits per heavy atom. The molecule has 0 saturated carbocycles. The standard InChI is InChI=1S/C21H29ClN2O9/c1-10-17(20(22)31)11(2)19(23-16(30)9-33-13(4)27)12(3)18(10)21(32)24(5-14(28)7-25)6-15(29)8-26/h14-15,25-26,28-29H,5-9H2,1-4H3,(H,23,30). The molecule has 11 nitrogen and oxygen atoms in total. The van der Waals surface area contributed by atoms with Gasteiger partial charge in [-0.1, -0.05) is 0 Å². The molecule has 0 aliphatic carbocycles. The van der Waals surface area contributed by atoms with E-state index >= 15 is 0 Å². The fraction of sp³-hybridized carbons (Fsp3) is 0.524. The first kappa shape index (κ1) is 28.5. The molecular weight excluding hydrogens is 460 g/mol. The van der Waals surface area contributed by atoms with Crippen LogP contribution >= 0.6 is 11.6 Å². The molecule has 1 aromatic rings. The Kier molecular flexibility index (Phi) is 10.9. The minimum Gasteiger partial charge on any atom is -0.456 e. The number of carbonyl (C=O) groups is 4. The summed E-state index contributed by atoms with van der Waals surface area (Å²) in [5.74, 6) is -2.12. The van der Waals surface area contributed by atoms with E-state index in [-0.39, 0.29) is 46.6 Å². The summed E-state index contributed by atoms with van der Waals surface area (Å²) in [6.07, 6.45) is -2.66. The Bertz CT molecular complexity index is 908. The molecule has 2 unspecified atom stereocenters. The van der Waals surface area contributed by atoms with Crippen molar-refractivity contribution in [3.8, 4) is 0 Å². The Labute approximate surface area is 195 Å². The van der Waals surface area contributed by atoms with Crippen molar-refractivity contribution in [3.05, 3.63) is 27.8 Å². The number of aliphatic hydroxyl groups excluding tert-OH is 4. The maximum atomic E-state index is 13.4. The molecule has 0 saturated heterocycles. The Hall–Kier alpha value is -2.57. The third-order valence-corrected chi connectivity index (χ3v) is 5.09. The summed E-state index contributed by atoms with van der Waals surface area (Å²) < 4.78 is 4.66. The lowest BCUT2D eigenvalue weighted by Gasteiger charge is -2.29. The number of carbonyl (C=O) groups excluding carboxylic acids is 4. The van der Waals surface area contributed by atoms with Crippen molar-refractivity contribution in [1.82, 2.24) is 4.90 Å². The Balaban J connectivity index is 3.60. The highest BCUT2D eigenvalue weighted by molar-refractivity contribution is 6.68. The fourth-order valence-electron chi connectivity index (χ4n) is 3.39. The molecule has 184 valence electrons. The second-order valence-corrected chi connectivity index (χ2v) is 7.83. The van der Waals surface area contributed by atoms with Gasteiger partial charge >= 0.3 is 5.97 Å². The van der Waals surface area contributed by atoms with Gasteiger partial charge in [-0.15, -0.1) is 0 Å². The summed E-state index contributed by atoms with van der Waals surface area (Å²) in [4.78, 5) is 49.8. The molecule has 0 bridgehead atoms. The van der Waals surface area contributed by atoms with Crippen LogP contribution < -0.4 is 5.32 Å². The van der Waals surface area contributed by atoms with E-state index in [9.17, 15) is 39.6 Å². The second-order valence-electron chi connectivity index (χ2n) is 7.49. The number of ether oxygens (including phenoxy) is 1. The van der Waals surface area contributed by atoms with Gasteiger partial charge in [-0.3, -0.25) is 19.2 Å². The summed E-state index contributed by atoms with van der Waals surface area (Å²) in [5.41, 5.74) is 0.803. The molecule has 5 N–H and O–H groups in total. The van der Waals surface area contributed by atoms with Crippen molar-refractivity contribution >= 4 is 40.3 Å². The molecule has 0 spiro atoms. The molecule has 0 aliphatic rings. The van der Waals surface area contributed by atoms with Gasteiger partial charge in [0.05, 0.1) is 25.4 Å². The lowest BCUT2D eigenvalue weighted by atomic mass is 9.90. The molecule has 12 heteroatoms. The topological polar surface area (TPSA) is 174 Å². The van der Waals surface area contributed by atoms with Gasteiger partial charge in [0.15, 0.2) is 6.61 Å². The maximum absolute atomic E-state index is 13.4. The monoisotopic (exact) mass is 488 g/mol. The smallest absolute Gasteiger partial charge is 0.303 e. The van der Waals surface area contributed by atoms with E-state index in [1.807, 2.05) is 0 Å². The summed E-state index contributed by atoms with van der Waals surface area (Å²) in [6.45, 7) is 2.99. The molecule has 0 aliphatic heterocycles. The number of halogens is 1. The van der Waals surface area contributed by atoms with E-state index in [1.54, 1.807) is 0 Å². The highest BCUT2D eigenvalue weighted by Gasteiger charge is 2.29. The van der Waals surface area contributed by atoms with Gasteiger partial charge in [-0.05, 0) is 49.1 Å². The molecule has 0 heterocycles. The van der Waals surface area contributed by atoms with Crippen LogP contribution in [0, 0.1) is 20.8 Å². The molecule has 1 aromatic carbocycles. The number of benzene rings is 1. The molecule has 1 rings (SSSR count). The van der Waals surface area contributed by atoms with Crippen LogP contribution in [0.5, 0.6) is 0 Å². The van der Waals surface area contributed by atoms with Crippen LogP contribution in [0.2, 0.25) is 0 Å². The molecule has 0 aromatic heterocycles. The van der Waals surface area contributed by atoms with Crippen molar-refractivity contribution in [2.75, 3.05) is 38.2 Å². The third-order valence-electron chi connectivity index (χ3n) is 4.90. The predicted octanol–water partition coefficient (Wildman–Crippen LogP) is -0.359. The van der Waals surface area contributed by atoms with Gasteiger partial charge in [0.1, 0.15) is 0 Å². The third kappa shape index (κ3) is 7.47. The lowest BCUT2D eigenvalue weighted by molar-refractivity contribution is -0.144. The average molecular weight is 489 g/mol. The van der Waals surface area contributed by atoms with E-state index in [0.717, 1.165) is 11.8 Å². The number of esters is 1. The van der Waals surface area contributed by atoms with E-state index in [2.05, 4.69) is 10.1 Å². The van der Waals surface area contributed by atoms with Crippen molar-refractivity contribution in [2.45, 2.75) is 39.9 Å². The number of anilines is 1. The highest BCUT2D eigenvalue weighted by Crippen LogP contribution is 2.33. The van der Waals surface area contributed by atoms with Crippen molar-refractivity contribution in [1.29, 1.82) is 0 Å². The van der Waals surface area contributed by atoms with Crippen LogP contribution in [0.1, 0.15) is 44.3 Å². The molecule has 33 heavy (non-hydrogen) atoms. The van der Waals surface area contributed by atoms with E-state index in [1.165, 1.54) is 20.8 Å².